The molecular formula is C21H22N2O3. The lowest BCUT2D eigenvalue weighted by Crippen LogP contribution is -2.31. The summed E-state index contributed by atoms with van der Waals surface area (Å²) < 4.78 is 5.81. The highest BCUT2D eigenvalue weighted by Gasteiger charge is 2.34. The molecule has 0 unspecified atom stereocenters. The molecule has 2 aliphatic rings. The van der Waals surface area contributed by atoms with E-state index < -0.39 is 11.7 Å². The first-order chi connectivity index (χ1) is 12.6. The van der Waals surface area contributed by atoms with Gasteiger partial charge in [0.15, 0.2) is 0 Å². The SMILES string of the molecule is CCOc1ccccc1-c1cc2c(c3c1CCN(CC)C3)NC(=O)C2=O. The molecule has 5 heteroatoms. The van der Waals surface area contributed by atoms with E-state index >= 15 is 0 Å². The minimum atomic E-state index is -0.536. The molecule has 1 amide bonds. The van der Waals surface area contributed by atoms with Crippen LogP contribution in [0.25, 0.3) is 11.1 Å². The van der Waals surface area contributed by atoms with Gasteiger partial charge in [-0.05, 0) is 48.7 Å². The molecule has 2 aromatic carbocycles. The van der Waals surface area contributed by atoms with Crippen molar-refractivity contribution in [2.75, 3.05) is 25.0 Å². The highest BCUT2D eigenvalue weighted by Crippen LogP contribution is 2.42. The Balaban J connectivity index is 1.95. The lowest BCUT2D eigenvalue weighted by Gasteiger charge is -2.31. The van der Waals surface area contributed by atoms with E-state index in [4.69, 9.17) is 4.74 Å². The Morgan fingerprint density at radius 2 is 1.88 bits per heavy atom. The van der Waals surface area contributed by atoms with Crippen LogP contribution in [0.1, 0.15) is 35.3 Å². The van der Waals surface area contributed by atoms with Crippen LogP contribution in [0.3, 0.4) is 0 Å². The van der Waals surface area contributed by atoms with Crippen LogP contribution in [0.4, 0.5) is 5.69 Å². The molecule has 0 aromatic heterocycles. The Hall–Kier alpha value is -2.66. The maximum absolute atomic E-state index is 12.4. The van der Waals surface area contributed by atoms with Crippen molar-refractivity contribution in [2.45, 2.75) is 26.8 Å². The molecule has 5 nitrogen and oxygen atoms in total. The van der Waals surface area contributed by atoms with Crippen LogP contribution in [-0.2, 0) is 17.8 Å². The summed E-state index contributed by atoms with van der Waals surface area (Å²) in [4.78, 5) is 26.7. The summed E-state index contributed by atoms with van der Waals surface area (Å²) in [6.07, 6.45) is 0.885. The Kier molecular flexibility index (Phi) is 4.24. The van der Waals surface area contributed by atoms with Gasteiger partial charge in [-0.15, -0.1) is 0 Å². The standard InChI is InChI=1S/C21H22N2O3/c1-3-23-10-9-13-15(14-7-5-6-8-18(14)26-4-2)11-16-19(17(13)12-23)22-21(25)20(16)24/h5-8,11H,3-4,9-10,12H2,1-2H3,(H,22,24,25). The minimum Gasteiger partial charge on any atom is -0.493 e. The number of nitrogens with one attached hydrogen (secondary N) is 1. The van der Waals surface area contributed by atoms with Crippen molar-refractivity contribution in [3.63, 3.8) is 0 Å². The molecule has 2 aromatic rings. The molecule has 134 valence electrons. The third kappa shape index (κ3) is 2.59. The first-order valence-electron chi connectivity index (χ1n) is 9.13. The van der Waals surface area contributed by atoms with Crippen molar-refractivity contribution in [3.05, 3.63) is 47.0 Å². The number of fused-ring (bicyclic) bond motifs is 3. The van der Waals surface area contributed by atoms with E-state index in [0.29, 0.717) is 17.9 Å². The zero-order valence-electron chi connectivity index (χ0n) is 15.1. The summed E-state index contributed by atoms with van der Waals surface area (Å²) in [5.74, 6) is -0.183. The van der Waals surface area contributed by atoms with E-state index in [1.807, 2.05) is 37.3 Å². The predicted octanol–water partition coefficient (Wildman–Crippen LogP) is 3.27. The summed E-state index contributed by atoms with van der Waals surface area (Å²) in [6, 6.07) is 9.76. The maximum atomic E-state index is 12.4. The molecule has 0 bridgehead atoms. The van der Waals surface area contributed by atoms with Crippen molar-refractivity contribution < 1.29 is 14.3 Å². The fourth-order valence-electron chi connectivity index (χ4n) is 3.91. The number of benzene rings is 2. The number of carbonyl (C=O) groups is 2. The number of anilines is 1. The molecular weight excluding hydrogens is 328 g/mol. The van der Waals surface area contributed by atoms with Crippen molar-refractivity contribution in [1.29, 1.82) is 0 Å². The third-order valence-electron chi connectivity index (χ3n) is 5.22. The van der Waals surface area contributed by atoms with E-state index in [2.05, 4.69) is 17.1 Å². The summed E-state index contributed by atoms with van der Waals surface area (Å²) in [6.45, 7) is 7.31. The van der Waals surface area contributed by atoms with Crippen LogP contribution in [0.5, 0.6) is 5.75 Å². The normalized spacial score (nSPS) is 16.2. The minimum absolute atomic E-state index is 0.452. The molecule has 0 spiro atoms. The third-order valence-corrected chi connectivity index (χ3v) is 5.22. The van der Waals surface area contributed by atoms with Crippen LogP contribution in [-0.4, -0.2) is 36.3 Å². The van der Waals surface area contributed by atoms with E-state index in [0.717, 1.165) is 48.5 Å². The number of Topliss-reactive ketones (excluding diaryl/α,β-unsaturated/α-hetero) is 1. The Bertz CT molecular complexity index is 904. The average Bonchev–Trinajstić information content (AvgIpc) is 2.96. The van der Waals surface area contributed by atoms with E-state index in [1.165, 1.54) is 5.56 Å². The van der Waals surface area contributed by atoms with E-state index in [-0.39, 0.29) is 0 Å². The zero-order valence-corrected chi connectivity index (χ0v) is 15.1. The van der Waals surface area contributed by atoms with Crippen LogP contribution >= 0.6 is 0 Å². The predicted molar refractivity (Wildman–Crippen MR) is 101 cm³/mol. The quantitative estimate of drug-likeness (QED) is 0.860. The maximum Gasteiger partial charge on any atom is 0.296 e. The van der Waals surface area contributed by atoms with Gasteiger partial charge in [0, 0.05) is 18.7 Å². The largest absolute Gasteiger partial charge is 0.493 e. The lowest BCUT2D eigenvalue weighted by atomic mass is 9.87. The number of hydrogen-bond donors (Lipinski definition) is 1. The van der Waals surface area contributed by atoms with Gasteiger partial charge in [0.05, 0.1) is 17.9 Å². The van der Waals surface area contributed by atoms with Crippen LogP contribution < -0.4 is 10.1 Å². The van der Waals surface area contributed by atoms with Crippen molar-refractivity contribution in [1.82, 2.24) is 4.90 Å². The van der Waals surface area contributed by atoms with Gasteiger partial charge in [0.25, 0.3) is 11.7 Å². The number of ether oxygens (including phenoxy) is 1. The number of para-hydroxylation sites is 1. The molecule has 0 saturated carbocycles. The number of carbonyl (C=O) groups excluding carboxylic acids is 2. The lowest BCUT2D eigenvalue weighted by molar-refractivity contribution is -0.112. The highest BCUT2D eigenvalue weighted by atomic mass is 16.5. The second-order valence-electron chi connectivity index (χ2n) is 6.63. The van der Waals surface area contributed by atoms with Crippen LogP contribution in [0.15, 0.2) is 30.3 Å². The highest BCUT2D eigenvalue weighted by molar-refractivity contribution is 6.52. The monoisotopic (exact) mass is 350 g/mol. The molecule has 4 rings (SSSR count). The Morgan fingerprint density at radius 1 is 1.08 bits per heavy atom. The van der Waals surface area contributed by atoms with Crippen LogP contribution in [0, 0.1) is 0 Å². The number of rotatable bonds is 4. The summed E-state index contributed by atoms with van der Waals surface area (Å²) in [7, 11) is 0. The Labute approximate surface area is 153 Å². The second-order valence-corrected chi connectivity index (χ2v) is 6.63. The second kappa shape index (κ2) is 6.57. The average molecular weight is 350 g/mol. The molecule has 0 radical (unpaired) electrons. The summed E-state index contributed by atoms with van der Waals surface area (Å²) in [5, 5.41) is 2.79. The topological polar surface area (TPSA) is 58.6 Å². The first kappa shape index (κ1) is 16.8. The number of ketones is 1. The molecule has 0 saturated heterocycles. The van der Waals surface area contributed by atoms with Crippen LogP contribution in [0.2, 0.25) is 0 Å². The molecule has 1 N–H and O–H groups in total. The van der Waals surface area contributed by atoms with Gasteiger partial charge in [-0.3, -0.25) is 14.5 Å². The van der Waals surface area contributed by atoms with E-state index in [9.17, 15) is 9.59 Å². The first-order valence-corrected chi connectivity index (χ1v) is 9.13. The van der Waals surface area contributed by atoms with Gasteiger partial charge < -0.3 is 10.1 Å². The summed E-state index contributed by atoms with van der Waals surface area (Å²) >= 11 is 0. The molecule has 0 fully saturated rings. The van der Waals surface area contributed by atoms with Gasteiger partial charge in [0.2, 0.25) is 0 Å². The smallest absolute Gasteiger partial charge is 0.296 e. The van der Waals surface area contributed by atoms with Crippen molar-refractivity contribution >= 4 is 17.4 Å². The number of hydrogen-bond acceptors (Lipinski definition) is 4. The van der Waals surface area contributed by atoms with Gasteiger partial charge in [0.1, 0.15) is 5.75 Å². The van der Waals surface area contributed by atoms with Gasteiger partial charge in [-0.25, -0.2) is 0 Å². The van der Waals surface area contributed by atoms with Crippen molar-refractivity contribution in [3.8, 4) is 16.9 Å². The molecule has 0 aliphatic carbocycles. The molecule has 0 atom stereocenters. The zero-order chi connectivity index (χ0) is 18.3. The fraction of sp³-hybridized carbons (Fsp3) is 0.333. The molecule has 2 heterocycles. The van der Waals surface area contributed by atoms with Crippen molar-refractivity contribution in [2.24, 2.45) is 0 Å². The number of amides is 1. The van der Waals surface area contributed by atoms with Gasteiger partial charge >= 0.3 is 0 Å². The summed E-state index contributed by atoms with van der Waals surface area (Å²) in [5.41, 5.74) is 5.43. The Morgan fingerprint density at radius 3 is 2.65 bits per heavy atom. The van der Waals surface area contributed by atoms with E-state index in [1.54, 1.807) is 0 Å². The van der Waals surface area contributed by atoms with Gasteiger partial charge in [-0.1, -0.05) is 25.1 Å². The number of nitrogens with zero attached hydrogens (tertiary/aromatic N) is 1. The molecule has 26 heavy (non-hydrogen) atoms. The fourth-order valence-corrected chi connectivity index (χ4v) is 3.91. The number of likely N-dealkylation sites (N-methyl/N-ethyl adjacent to an activating group) is 1. The molecule has 2 aliphatic heterocycles. The van der Waals surface area contributed by atoms with Gasteiger partial charge in [-0.2, -0.15) is 0 Å².